The number of nitrogens with one attached hydrogen (secondary N) is 2. The van der Waals surface area contributed by atoms with Gasteiger partial charge < -0.3 is 15.5 Å². The number of nitrogens with zero attached hydrogens (tertiary/aromatic N) is 2. The molecule has 1 aromatic rings. The molecule has 0 radical (unpaired) electrons. The fraction of sp³-hybridized carbons (Fsp3) is 0.500. The van der Waals surface area contributed by atoms with Gasteiger partial charge in [-0.05, 0) is 19.1 Å². The summed E-state index contributed by atoms with van der Waals surface area (Å²) in [5.74, 6) is -0.973. The first-order chi connectivity index (χ1) is 8.63. The van der Waals surface area contributed by atoms with Gasteiger partial charge in [-0.15, -0.1) is 12.4 Å². The van der Waals surface area contributed by atoms with E-state index in [9.17, 15) is 9.18 Å². The SMILES string of the molecule is CNC(=O)c1ccc(N2CCNC[C@H]2C)c(F)n1.Cl. The molecule has 0 saturated carbocycles. The van der Waals surface area contributed by atoms with Crippen LogP contribution in [0.2, 0.25) is 0 Å². The number of rotatable bonds is 2. The topological polar surface area (TPSA) is 57.3 Å². The molecule has 1 amide bonds. The molecule has 2 heterocycles. The third-order valence-electron chi connectivity index (χ3n) is 3.10. The number of carbonyl (C=O) groups is 1. The van der Waals surface area contributed by atoms with E-state index in [1.165, 1.54) is 7.05 Å². The van der Waals surface area contributed by atoms with Crippen molar-refractivity contribution in [3.8, 4) is 0 Å². The second-order valence-electron chi connectivity index (χ2n) is 4.33. The number of amides is 1. The van der Waals surface area contributed by atoms with Gasteiger partial charge in [0.05, 0.1) is 5.69 Å². The van der Waals surface area contributed by atoms with Crippen LogP contribution in [0.25, 0.3) is 0 Å². The van der Waals surface area contributed by atoms with Gasteiger partial charge in [-0.1, -0.05) is 0 Å². The zero-order chi connectivity index (χ0) is 13.1. The zero-order valence-electron chi connectivity index (χ0n) is 10.9. The summed E-state index contributed by atoms with van der Waals surface area (Å²) in [6.45, 7) is 4.40. The van der Waals surface area contributed by atoms with E-state index in [2.05, 4.69) is 15.6 Å². The molecule has 1 aliphatic heterocycles. The van der Waals surface area contributed by atoms with Crippen LogP contribution in [0.5, 0.6) is 0 Å². The molecular formula is C12H18ClFN4O. The fourth-order valence-electron chi connectivity index (χ4n) is 2.09. The van der Waals surface area contributed by atoms with E-state index in [4.69, 9.17) is 0 Å². The Labute approximate surface area is 118 Å². The number of piperazine rings is 1. The summed E-state index contributed by atoms with van der Waals surface area (Å²) in [6.07, 6.45) is 0. The molecule has 2 rings (SSSR count). The summed E-state index contributed by atoms with van der Waals surface area (Å²) >= 11 is 0. The summed E-state index contributed by atoms with van der Waals surface area (Å²) in [6, 6.07) is 3.38. The monoisotopic (exact) mass is 288 g/mol. The maximum atomic E-state index is 14.0. The van der Waals surface area contributed by atoms with Crippen LogP contribution in [0.3, 0.4) is 0 Å². The van der Waals surface area contributed by atoms with Gasteiger partial charge in [-0.25, -0.2) is 4.98 Å². The van der Waals surface area contributed by atoms with Crippen LogP contribution < -0.4 is 15.5 Å². The van der Waals surface area contributed by atoms with Crippen LogP contribution in [0.15, 0.2) is 12.1 Å². The molecule has 1 aliphatic rings. The average molecular weight is 289 g/mol. The van der Waals surface area contributed by atoms with Crippen LogP contribution in [-0.4, -0.2) is 43.6 Å². The molecule has 7 heteroatoms. The van der Waals surface area contributed by atoms with Crippen LogP contribution in [-0.2, 0) is 0 Å². The molecule has 1 atom stereocenters. The average Bonchev–Trinajstić information content (AvgIpc) is 2.39. The molecule has 0 spiro atoms. The van der Waals surface area contributed by atoms with E-state index < -0.39 is 5.95 Å². The first kappa shape index (κ1) is 15.7. The Hall–Kier alpha value is -1.40. The largest absolute Gasteiger partial charge is 0.363 e. The highest BCUT2D eigenvalue weighted by atomic mass is 35.5. The van der Waals surface area contributed by atoms with Crippen LogP contribution in [0.1, 0.15) is 17.4 Å². The van der Waals surface area contributed by atoms with Crippen LogP contribution >= 0.6 is 12.4 Å². The summed E-state index contributed by atoms with van der Waals surface area (Å²) in [5, 5.41) is 5.67. The normalized spacial score (nSPS) is 18.7. The Bertz CT molecular complexity index is 457. The molecule has 19 heavy (non-hydrogen) atoms. The Morgan fingerprint density at radius 2 is 2.32 bits per heavy atom. The van der Waals surface area contributed by atoms with Gasteiger partial charge in [0.1, 0.15) is 5.69 Å². The van der Waals surface area contributed by atoms with Crippen molar-refractivity contribution in [1.29, 1.82) is 0 Å². The van der Waals surface area contributed by atoms with Crippen molar-refractivity contribution >= 4 is 24.0 Å². The predicted molar refractivity (Wildman–Crippen MR) is 74.5 cm³/mol. The lowest BCUT2D eigenvalue weighted by molar-refractivity contribution is 0.0957. The quantitative estimate of drug-likeness (QED) is 0.791. The molecule has 106 valence electrons. The summed E-state index contributed by atoms with van der Waals surface area (Å²) in [5.41, 5.74) is 0.554. The predicted octanol–water partition coefficient (Wildman–Crippen LogP) is 0.800. The van der Waals surface area contributed by atoms with E-state index in [1.807, 2.05) is 11.8 Å². The molecule has 0 aliphatic carbocycles. The standard InChI is InChI=1S/C12H17FN4O.ClH/c1-8-7-15-5-6-17(8)10-4-3-9(12(18)14-2)16-11(10)13;/h3-4,8,15H,5-7H2,1-2H3,(H,14,18);1H/t8-;/m1./s1. The van der Waals surface area contributed by atoms with Gasteiger partial charge >= 0.3 is 0 Å². The molecule has 2 N–H and O–H groups in total. The first-order valence-corrected chi connectivity index (χ1v) is 5.99. The number of halogens is 2. The van der Waals surface area contributed by atoms with Gasteiger partial charge in [0, 0.05) is 32.7 Å². The maximum absolute atomic E-state index is 14.0. The summed E-state index contributed by atoms with van der Waals surface area (Å²) in [7, 11) is 1.49. The molecular weight excluding hydrogens is 271 g/mol. The Morgan fingerprint density at radius 3 is 2.89 bits per heavy atom. The molecule has 5 nitrogen and oxygen atoms in total. The molecule has 0 bridgehead atoms. The minimum absolute atomic E-state index is 0. The van der Waals surface area contributed by atoms with Gasteiger partial charge in [0.25, 0.3) is 5.91 Å². The molecule has 0 aromatic carbocycles. The minimum Gasteiger partial charge on any atom is -0.363 e. The highest BCUT2D eigenvalue weighted by Gasteiger charge is 2.22. The van der Waals surface area contributed by atoms with Gasteiger partial charge in [-0.3, -0.25) is 4.79 Å². The van der Waals surface area contributed by atoms with Crippen LogP contribution in [0.4, 0.5) is 10.1 Å². The van der Waals surface area contributed by atoms with Crippen molar-refractivity contribution in [2.75, 3.05) is 31.6 Å². The number of pyridine rings is 1. The zero-order valence-corrected chi connectivity index (χ0v) is 11.8. The van der Waals surface area contributed by atoms with E-state index >= 15 is 0 Å². The second kappa shape index (κ2) is 6.68. The molecule has 1 saturated heterocycles. The van der Waals surface area contributed by atoms with E-state index in [1.54, 1.807) is 12.1 Å². The third-order valence-corrected chi connectivity index (χ3v) is 3.10. The minimum atomic E-state index is -0.593. The Balaban J connectivity index is 0.00000180. The van der Waals surface area contributed by atoms with Crippen molar-refractivity contribution in [1.82, 2.24) is 15.6 Å². The van der Waals surface area contributed by atoms with Gasteiger partial charge in [0.2, 0.25) is 5.95 Å². The Kier molecular flexibility index (Phi) is 5.50. The number of hydrogen-bond donors (Lipinski definition) is 2. The van der Waals surface area contributed by atoms with Crippen molar-refractivity contribution in [3.63, 3.8) is 0 Å². The van der Waals surface area contributed by atoms with Gasteiger partial charge in [0.15, 0.2) is 0 Å². The van der Waals surface area contributed by atoms with Crippen molar-refractivity contribution in [2.24, 2.45) is 0 Å². The Morgan fingerprint density at radius 1 is 1.58 bits per heavy atom. The lowest BCUT2D eigenvalue weighted by atomic mass is 10.2. The number of hydrogen-bond acceptors (Lipinski definition) is 4. The fourth-order valence-corrected chi connectivity index (χ4v) is 2.09. The molecule has 0 unspecified atom stereocenters. The van der Waals surface area contributed by atoms with Crippen molar-refractivity contribution in [2.45, 2.75) is 13.0 Å². The third kappa shape index (κ3) is 3.33. The lowest BCUT2D eigenvalue weighted by Gasteiger charge is -2.35. The van der Waals surface area contributed by atoms with Crippen molar-refractivity contribution in [3.05, 3.63) is 23.8 Å². The first-order valence-electron chi connectivity index (χ1n) is 5.99. The van der Waals surface area contributed by atoms with Crippen LogP contribution in [0, 0.1) is 5.95 Å². The highest BCUT2D eigenvalue weighted by molar-refractivity contribution is 5.92. The highest BCUT2D eigenvalue weighted by Crippen LogP contribution is 2.21. The summed E-state index contributed by atoms with van der Waals surface area (Å²) in [4.78, 5) is 17.0. The lowest BCUT2D eigenvalue weighted by Crippen LogP contribution is -2.50. The smallest absolute Gasteiger partial charge is 0.269 e. The summed E-state index contributed by atoms with van der Waals surface area (Å²) < 4.78 is 14.0. The maximum Gasteiger partial charge on any atom is 0.269 e. The van der Waals surface area contributed by atoms with E-state index in [0.29, 0.717) is 5.69 Å². The second-order valence-corrected chi connectivity index (χ2v) is 4.33. The van der Waals surface area contributed by atoms with Gasteiger partial charge in [-0.2, -0.15) is 4.39 Å². The number of aromatic nitrogens is 1. The van der Waals surface area contributed by atoms with E-state index in [-0.39, 0.29) is 30.0 Å². The number of carbonyl (C=O) groups excluding carboxylic acids is 1. The number of anilines is 1. The van der Waals surface area contributed by atoms with E-state index in [0.717, 1.165) is 19.6 Å². The molecule has 1 fully saturated rings. The van der Waals surface area contributed by atoms with Crippen molar-refractivity contribution < 1.29 is 9.18 Å². The molecule has 1 aromatic heterocycles.